The maximum atomic E-state index is 12.8. The molecule has 0 aliphatic heterocycles. The molecule has 6 heteroatoms. The first-order valence-electron chi connectivity index (χ1n) is 29.1. The number of hydrogen-bond donors (Lipinski definition) is 0. The Kier molecular flexibility index (Phi) is 56.1. The van der Waals surface area contributed by atoms with Crippen LogP contribution in [0.2, 0.25) is 0 Å². The minimum atomic E-state index is -0.818. The predicted molar refractivity (Wildman–Crippen MR) is 320 cm³/mol. The zero-order chi connectivity index (χ0) is 53.6. The van der Waals surface area contributed by atoms with E-state index in [1.165, 1.54) is 19.3 Å². The highest BCUT2D eigenvalue weighted by molar-refractivity contribution is 5.71. The van der Waals surface area contributed by atoms with E-state index < -0.39 is 6.10 Å². The molecule has 0 bridgehead atoms. The number of carbonyl (C=O) groups excluding carboxylic acids is 3. The van der Waals surface area contributed by atoms with Crippen LogP contribution in [0.25, 0.3) is 0 Å². The number of ether oxygens (including phenoxy) is 3. The molecule has 0 N–H and O–H groups in total. The van der Waals surface area contributed by atoms with Crippen LogP contribution >= 0.6 is 0 Å². The number of allylic oxidation sites excluding steroid dienone is 28. The number of esters is 3. The second kappa shape index (κ2) is 60.3. The SMILES string of the molecule is CC/C=C\C/C=C\C/C=C\C/C=C\C/C=C\C/C=C\C/C=C\C/C=C\CCCCCCC(=O)OCC(COC(=O)CCCCCCCC)OC(=O)CCCC/C=C\C/C=C\C/C=C\C/C=C\C/C=C\C/C=C\CC. The van der Waals surface area contributed by atoms with Crippen LogP contribution in [0.1, 0.15) is 220 Å². The highest BCUT2D eigenvalue weighted by Gasteiger charge is 2.19. The first-order chi connectivity index (χ1) is 36.5. The van der Waals surface area contributed by atoms with Gasteiger partial charge in [0.15, 0.2) is 6.10 Å². The minimum absolute atomic E-state index is 0.112. The van der Waals surface area contributed by atoms with E-state index in [1.807, 2.05) is 0 Å². The zero-order valence-corrected chi connectivity index (χ0v) is 47.0. The molecule has 6 nitrogen and oxygen atoms in total. The van der Waals surface area contributed by atoms with Gasteiger partial charge in [-0.1, -0.05) is 236 Å². The molecule has 0 saturated heterocycles. The van der Waals surface area contributed by atoms with Gasteiger partial charge in [-0.25, -0.2) is 0 Å². The molecule has 0 aromatic heterocycles. The average molecular weight is 1020 g/mol. The van der Waals surface area contributed by atoms with Crippen LogP contribution in [0.4, 0.5) is 0 Å². The van der Waals surface area contributed by atoms with E-state index >= 15 is 0 Å². The van der Waals surface area contributed by atoms with E-state index in [2.05, 4.69) is 191 Å². The van der Waals surface area contributed by atoms with Gasteiger partial charge in [-0.3, -0.25) is 14.4 Å². The van der Waals surface area contributed by atoms with Crippen molar-refractivity contribution >= 4 is 17.9 Å². The molecule has 74 heavy (non-hydrogen) atoms. The maximum absolute atomic E-state index is 12.8. The molecular weight excluding hydrogens is 913 g/mol. The van der Waals surface area contributed by atoms with E-state index in [4.69, 9.17) is 14.2 Å². The normalized spacial score (nSPS) is 13.4. The van der Waals surface area contributed by atoms with Crippen LogP contribution in [-0.4, -0.2) is 37.2 Å². The van der Waals surface area contributed by atoms with Gasteiger partial charge in [-0.05, 0) is 135 Å². The number of carbonyl (C=O) groups is 3. The lowest BCUT2D eigenvalue weighted by Crippen LogP contribution is -2.30. The van der Waals surface area contributed by atoms with Crippen molar-refractivity contribution in [1.82, 2.24) is 0 Å². The third-order valence-corrected chi connectivity index (χ3v) is 11.5. The van der Waals surface area contributed by atoms with Gasteiger partial charge in [0.1, 0.15) is 13.2 Å². The number of hydrogen-bond acceptors (Lipinski definition) is 6. The van der Waals surface area contributed by atoms with Gasteiger partial charge in [0.25, 0.3) is 0 Å². The first-order valence-corrected chi connectivity index (χ1v) is 29.1. The average Bonchev–Trinajstić information content (AvgIpc) is 3.40. The van der Waals surface area contributed by atoms with Gasteiger partial charge in [0.2, 0.25) is 0 Å². The molecule has 0 saturated carbocycles. The van der Waals surface area contributed by atoms with Crippen LogP contribution < -0.4 is 0 Å². The van der Waals surface area contributed by atoms with Crippen LogP contribution in [0.3, 0.4) is 0 Å². The Morgan fingerprint density at radius 1 is 0.284 bits per heavy atom. The van der Waals surface area contributed by atoms with Crippen molar-refractivity contribution in [3.05, 3.63) is 170 Å². The van der Waals surface area contributed by atoms with E-state index in [0.717, 1.165) is 154 Å². The molecule has 0 aliphatic carbocycles. The molecule has 0 aliphatic rings. The summed E-state index contributed by atoms with van der Waals surface area (Å²) < 4.78 is 16.7. The van der Waals surface area contributed by atoms with Crippen molar-refractivity contribution in [1.29, 1.82) is 0 Å². The summed E-state index contributed by atoms with van der Waals surface area (Å²) in [6, 6.07) is 0. The highest BCUT2D eigenvalue weighted by Crippen LogP contribution is 2.12. The van der Waals surface area contributed by atoms with E-state index in [9.17, 15) is 14.4 Å². The third kappa shape index (κ3) is 57.7. The van der Waals surface area contributed by atoms with Gasteiger partial charge < -0.3 is 14.2 Å². The maximum Gasteiger partial charge on any atom is 0.306 e. The van der Waals surface area contributed by atoms with Crippen LogP contribution in [-0.2, 0) is 28.6 Å². The molecule has 0 aromatic carbocycles. The van der Waals surface area contributed by atoms with Crippen molar-refractivity contribution < 1.29 is 28.6 Å². The van der Waals surface area contributed by atoms with Crippen molar-refractivity contribution in [3.8, 4) is 0 Å². The van der Waals surface area contributed by atoms with Crippen LogP contribution in [0.5, 0.6) is 0 Å². The quantitative estimate of drug-likeness (QED) is 0.0261. The predicted octanol–water partition coefficient (Wildman–Crippen LogP) is 19.9. The zero-order valence-electron chi connectivity index (χ0n) is 47.0. The molecule has 0 radical (unpaired) electrons. The fourth-order valence-corrected chi connectivity index (χ4v) is 7.16. The Hall–Kier alpha value is -5.23. The lowest BCUT2D eigenvalue weighted by atomic mass is 10.1. The highest BCUT2D eigenvalue weighted by atomic mass is 16.6. The molecule has 0 amide bonds. The number of rotatable bonds is 50. The topological polar surface area (TPSA) is 78.9 Å². The lowest BCUT2D eigenvalue weighted by molar-refractivity contribution is -0.167. The summed E-state index contributed by atoms with van der Waals surface area (Å²) in [6.45, 7) is 6.27. The Labute approximate surface area is 453 Å². The summed E-state index contributed by atoms with van der Waals surface area (Å²) in [7, 11) is 0. The summed E-state index contributed by atoms with van der Waals surface area (Å²) in [5.74, 6) is -1.00. The Morgan fingerprint density at radius 3 is 0.851 bits per heavy atom. The summed E-state index contributed by atoms with van der Waals surface area (Å²) in [6.07, 6.45) is 89.5. The molecule has 0 fully saturated rings. The minimum Gasteiger partial charge on any atom is -0.462 e. The van der Waals surface area contributed by atoms with Gasteiger partial charge in [-0.2, -0.15) is 0 Å². The van der Waals surface area contributed by atoms with Crippen molar-refractivity contribution in [3.63, 3.8) is 0 Å². The Balaban J connectivity index is 4.32. The largest absolute Gasteiger partial charge is 0.462 e. The monoisotopic (exact) mass is 1020 g/mol. The molecule has 0 spiro atoms. The smallest absolute Gasteiger partial charge is 0.306 e. The number of unbranched alkanes of at least 4 members (excludes halogenated alkanes) is 11. The molecular formula is C68H104O6. The molecule has 0 rings (SSSR count). The standard InChI is InChI=1S/C68H104O6/c1-4-7-10-13-16-18-20-22-24-26-28-30-31-32-33-34-35-36-37-39-40-42-44-46-48-50-52-55-58-61-67(70)73-64-65(63-72-66(69)60-57-54-15-12-9-6-3)74-68(71)62-59-56-53-51-49-47-45-43-41-38-29-27-25-23-21-19-17-14-11-8-5-2/h7-8,10-11,16-19,22-25,28-30,32-33,35-36,38-40,43-46,49,51,65H,4-6,9,12-15,20-21,26-27,31,34,37,41-42,47-48,50,52-64H2,1-3H3/b10-7-,11-8-,18-16-,19-17-,24-22-,25-23-,30-28-,33-32-,36-35-,38-29-,40-39-,45-43-,46-44-,51-49-. The molecule has 0 heterocycles. The van der Waals surface area contributed by atoms with Gasteiger partial charge in [0, 0.05) is 19.3 Å². The van der Waals surface area contributed by atoms with Crippen LogP contribution in [0, 0.1) is 0 Å². The second-order valence-corrected chi connectivity index (χ2v) is 18.4. The van der Waals surface area contributed by atoms with Gasteiger partial charge >= 0.3 is 17.9 Å². The summed E-state index contributed by atoms with van der Waals surface area (Å²) >= 11 is 0. The second-order valence-electron chi connectivity index (χ2n) is 18.4. The van der Waals surface area contributed by atoms with E-state index in [0.29, 0.717) is 19.3 Å². The lowest BCUT2D eigenvalue weighted by Gasteiger charge is -2.18. The fraction of sp³-hybridized carbons (Fsp3) is 0.544. The van der Waals surface area contributed by atoms with Gasteiger partial charge in [0.05, 0.1) is 0 Å². The van der Waals surface area contributed by atoms with Crippen molar-refractivity contribution in [2.45, 2.75) is 226 Å². The fourth-order valence-electron chi connectivity index (χ4n) is 7.16. The van der Waals surface area contributed by atoms with Crippen LogP contribution in [0.15, 0.2) is 170 Å². The summed E-state index contributed by atoms with van der Waals surface area (Å²) in [4.78, 5) is 37.9. The molecule has 1 unspecified atom stereocenters. The molecule has 0 aromatic rings. The Bertz CT molecular complexity index is 1740. The summed E-state index contributed by atoms with van der Waals surface area (Å²) in [5, 5.41) is 0. The van der Waals surface area contributed by atoms with E-state index in [1.54, 1.807) is 0 Å². The van der Waals surface area contributed by atoms with Crippen molar-refractivity contribution in [2.75, 3.05) is 13.2 Å². The van der Waals surface area contributed by atoms with Crippen molar-refractivity contribution in [2.24, 2.45) is 0 Å². The molecule has 1 atom stereocenters. The Morgan fingerprint density at radius 2 is 0.527 bits per heavy atom. The molecule has 412 valence electrons. The summed E-state index contributed by atoms with van der Waals surface area (Å²) in [5.41, 5.74) is 0. The first kappa shape index (κ1) is 68.8. The van der Waals surface area contributed by atoms with E-state index in [-0.39, 0.29) is 37.5 Å². The third-order valence-electron chi connectivity index (χ3n) is 11.5. The van der Waals surface area contributed by atoms with Gasteiger partial charge in [-0.15, -0.1) is 0 Å².